The fraction of sp³-hybridized carbons (Fsp3) is 0.909. The van der Waals surface area contributed by atoms with E-state index in [1.54, 1.807) is 0 Å². The van der Waals surface area contributed by atoms with E-state index in [0.29, 0.717) is 0 Å². The van der Waals surface area contributed by atoms with E-state index < -0.39 is 5.54 Å². The number of methoxy groups -OCH3 is 1. The van der Waals surface area contributed by atoms with Crippen molar-refractivity contribution in [3.05, 3.63) is 0 Å². The normalized spacial score (nSPS) is 33.5. The van der Waals surface area contributed by atoms with Gasteiger partial charge in [0.2, 0.25) is 0 Å². The first-order valence-corrected chi connectivity index (χ1v) is 5.49. The van der Waals surface area contributed by atoms with Crippen LogP contribution in [-0.2, 0) is 9.53 Å². The summed E-state index contributed by atoms with van der Waals surface area (Å²) in [7, 11) is 1.42. The molecular formula is C11H21NO2. The molecule has 82 valence electrons. The standard InChI is InChI=1S/C11H21NO2/c1-3-9-5-4-7-11(12,8-6-9)10(13)14-2/h9H,3-8,12H2,1-2H3. The van der Waals surface area contributed by atoms with Crippen molar-refractivity contribution < 1.29 is 9.53 Å². The molecular weight excluding hydrogens is 178 g/mol. The molecule has 0 radical (unpaired) electrons. The molecule has 1 fully saturated rings. The topological polar surface area (TPSA) is 52.3 Å². The summed E-state index contributed by atoms with van der Waals surface area (Å²) in [5, 5.41) is 0. The van der Waals surface area contributed by atoms with Crippen LogP contribution in [0.25, 0.3) is 0 Å². The second-order valence-corrected chi connectivity index (χ2v) is 4.35. The molecule has 14 heavy (non-hydrogen) atoms. The highest BCUT2D eigenvalue weighted by Crippen LogP contribution is 2.31. The Morgan fingerprint density at radius 1 is 1.50 bits per heavy atom. The smallest absolute Gasteiger partial charge is 0.325 e. The van der Waals surface area contributed by atoms with Gasteiger partial charge in [0.15, 0.2) is 0 Å². The number of nitrogens with two attached hydrogens (primary N) is 1. The van der Waals surface area contributed by atoms with Gasteiger partial charge in [0.1, 0.15) is 5.54 Å². The SMILES string of the molecule is CCC1CCCC(N)(C(=O)OC)CC1. The molecule has 1 rings (SSSR count). The lowest BCUT2D eigenvalue weighted by atomic mass is 9.90. The molecule has 0 aromatic rings. The molecule has 0 aromatic heterocycles. The fourth-order valence-electron chi connectivity index (χ4n) is 2.25. The number of carbonyl (C=O) groups is 1. The first-order chi connectivity index (χ1) is 6.62. The molecule has 0 saturated heterocycles. The van der Waals surface area contributed by atoms with Crippen LogP contribution in [0.4, 0.5) is 0 Å². The fourth-order valence-corrected chi connectivity index (χ4v) is 2.25. The first kappa shape index (κ1) is 11.5. The molecule has 3 heteroatoms. The highest BCUT2D eigenvalue weighted by molar-refractivity contribution is 5.80. The van der Waals surface area contributed by atoms with Crippen molar-refractivity contribution in [2.45, 2.75) is 51.0 Å². The van der Waals surface area contributed by atoms with Gasteiger partial charge < -0.3 is 10.5 Å². The van der Waals surface area contributed by atoms with Crippen molar-refractivity contribution in [1.82, 2.24) is 0 Å². The van der Waals surface area contributed by atoms with Gasteiger partial charge in [-0.3, -0.25) is 4.79 Å². The molecule has 0 heterocycles. The van der Waals surface area contributed by atoms with Gasteiger partial charge in [-0.05, 0) is 25.2 Å². The monoisotopic (exact) mass is 199 g/mol. The highest BCUT2D eigenvalue weighted by Gasteiger charge is 2.36. The van der Waals surface area contributed by atoms with E-state index in [4.69, 9.17) is 10.5 Å². The van der Waals surface area contributed by atoms with Gasteiger partial charge in [-0.15, -0.1) is 0 Å². The van der Waals surface area contributed by atoms with E-state index in [1.165, 1.54) is 20.0 Å². The van der Waals surface area contributed by atoms with Gasteiger partial charge in [0.25, 0.3) is 0 Å². The zero-order valence-electron chi connectivity index (χ0n) is 9.21. The quantitative estimate of drug-likeness (QED) is 0.545. The van der Waals surface area contributed by atoms with Crippen molar-refractivity contribution in [1.29, 1.82) is 0 Å². The van der Waals surface area contributed by atoms with Crippen molar-refractivity contribution in [3.8, 4) is 0 Å². The zero-order valence-corrected chi connectivity index (χ0v) is 9.21. The minimum Gasteiger partial charge on any atom is -0.468 e. The minimum absolute atomic E-state index is 0.241. The maximum atomic E-state index is 11.5. The molecule has 2 atom stereocenters. The Hall–Kier alpha value is -0.570. The molecule has 1 aliphatic carbocycles. The lowest BCUT2D eigenvalue weighted by Gasteiger charge is -2.24. The zero-order chi connectivity index (χ0) is 10.6. The van der Waals surface area contributed by atoms with Crippen LogP contribution in [0.3, 0.4) is 0 Å². The van der Waals surface area contributed by atoms with Crippen LogP contribution in [-0.4, -0.2) is 18.6 Å². The number of ether oxygens (including phenoxy) is 1. The maximum absolute atomic E-state index is 11.5. The number of esters is 1. The summed E-state index contributed by atoms with van der Waals surface area (Å²) in [5.41, 5.74) is 5.35. The van der Waals surface area contributed by atoms with E-state index >= 15 is 0 Å². The number of hydrogen-bond donors (Lipinski definition) is 1. The third-order valence-electron chi connectivity index (χ3n) is 3.40. The molecule has 2 N–H and O–H groups in total. The second-order valence-electron chi connectivity index (χ2n) is 4.35. The van der Waals surface area contributed by atoms with Crippen LogP contribution in [0.15, 0.2) is 0 Å². The summed E-state index contributed by atoms with van der Waals surface area (Å²) in [6.07, 6.45) is 6.05. The Bertz CT molecular complexity index is 205. The molecule has 0 aromatic carbocycles. The average molecular weight is 199 g/mol. The number of hydrogen-bond acceptors (Lipinski definition) is 3. The minimum atomic E-state index is -0.710. The van der Waals surface area contributed by atoms with Crippen LogP contribution >= 0.6 is 0 Å². The van der Waals surface area contributed by atoms with Crippen molar-refractivity contribution in [2.24, 2.45) is 11.7 Å². The highest BCUT2D eigenvalue weighted by atomic mass is 16.5. The summed E-state index contributed by atoms with van der Waals surface area (Å²) in [4.78, 5) is 11.5. The lowest BCUT2D eigenvalue weighted by Crippen LogP contribution is -2.48. The molecule has 1 saturated carbocycles. The molecule has 0 aliphatic heterocycles. The van der Waals surface area contributed by atoms with Crippen LogP contribution in [0.5, 0.6) is 0 Å². The van der Waals surface area contributed by atoms with Gasteiger partial charge in [-0.1, -0.05) is 26.2 Å². The van der Waals surface area contributed by atoms with Crippen molar-refractivity contribution in [3.63, 3.8) is 0 Å². The molecule has 1 aliphatic rings. The van der Waals surface area contributed by atoms with Gasteiger partial charge in [-0.25, -0.2) is 0 Å². The summed E-state index contributed by atoms with van der Waals surface area (Å²) in [6.45, 7) is 2.20. The molecule has 3 nitrogen and oxygen atoms in total. The average Bonchev–Trinajstić information content (AvgIpc) is 2.40. The van der Waals surface area contributed by atoms with Crippen LogP contribution in [0, 0.1) is 5.92 Å². The largest absolute Gasteiger partial charge is 0.468 e. The van der Waals surface area contributed by atoms with Gasteiger partial charge in [0, 0.05) is 0 Å². The van der Waals surface area contributed by atoms with Gasteiger partial charge in [-0.2, -0.15) is 0 Å². The number of carbonyl (C=O) groups excluding carboxylic acids is 1. The van der Waals surface area contributed by atoms with Crippen molar-refractivity contribution >= 4 is 5.97 Å². The van der Waals surface area contributed by atoms with Gasteiger partial charge >= 0.3 is 5.97 Å². The summed E-state index contributed by atoms with van der Waals surface area (Å²) >= 11 is 0. The Morgan fingerprint density at radius 3 is 2.79 bits per heavy atom. The summed E-state index contributed by atoms with van der Waals surface area (Å²) in [6, 6.07) is 0. The van der Waals surface area contributed by atoms with Crippen LogP contribution in [0.1, 0.15) is 45.4 Å². The van der Waals surface area contributed by atoms with E-state index in [9.17, 15) is 4.79 Å². The Morgan fingerprint density at radius 2 is 2.21 bits per heavy atom. The lowest BCUT2D eigenvalue weighted by molar-refractivity contribution is -0.147. The molecule has 0 amide bonds. The van der Waals surface area contributed by atoms with Crippen LogP contribution < -0.4 is 5.73 Å². The molecule has 0 spiro atoms. The summed E-state index contributed by atoms with van der Waals surface area (Å²) in [5.74, 6) is 0.499. The third-order valence-corrected chi connectivity index (χ3v) is 3.40. The summed E-state index contributed by atoms with van der Waals surface area (Å²) < 4.78 is 4.75. The Labute approximate surface area is 86.0 Å². The Balaban J connectivity index is 2.59. The Kier molecular flexibility index (Phi) is 3.93. The van der Waals surface area contributed by atoms with E-state index in [0.717, 1.165) is 31.6 Å². The molecule has 0 bridgehead atoms. The predicted octanol–water partition coefficient (Wildman–Crippen LogP) is 1.85. The molecule has 2 unspecified atom stereocenters. The maximum Gasteiger partial charge on any atom is 0.325 e. The van der Waals surface area contributed by atoms with E-state index in [-0.39, 0.29) is 5.97 Å². The second kappa shape index (κ2) is 4.78. The third kappa shape index (κ3) is 2.47. The van der Waals surface area contributed by atoms with E-state index in [2.05, 4.69) is 6.92 Å². The predicted molar refractivity (Wildman–Crippen MR) is 55.8 cm³/mol. The first-order valence-electron chi connectivity index (χ1n) is 5.49. The number of rotatable bonds is 2. The van der Waals surface area contributed by atoms with Gasteiger partial charge in [0.05, 0.1) is 7.11 Å². The van der Waals surface area contributed by atoms with Crippen molar-refractivity contribution in [2.75, 3.05) is 7.11 Å². The van der Waals surface area contributed by atoms with Crippen LogP contribution in [0.2, 0.25) is 0 Å². The van der Waals surface area contributed by atoms with E-state index in [1.807, 2.05) is 0 Å².